The zero-order valence-electron chi connectivity index (χ0n) is 21.5. The Kier molecular flexibility index (Phi) is 7.58. The summed E-state index contributed by atoms with van der Waals surface area (Å²) in [7, 11) is 0. The minimum Gasteiger partial charge on any atom is -0.463 e. The predicted octanol–water partition coefficient (Wildman–Crippen LogP) is 3.46. The molecule has 1 aliphatic heterocycles. The lowest BCUT2D eigenvalue weighted by molar-refractivity contribution is -0.151. The number of carbonyl (C=O) groups is 1. The van der Waals surface area contributed by atoms with Crippen LogP contribution in [-0.2, 0) is 19.7 Å². The molecule has 8 heteroatoms. The van der Waals surface area contributed by atoms with E-state index in [1.54, 1.807) is 6.92 Å². The van der Waals surface area contributed by atoms with Gasteiger partial charge in [-0.1, -0.05) is 91.0 Å². The number of aryl methyl sites for hydroxylation is 1. The Hall–Kier alpha value is -4.27. The van der Waals surface area contributed by atoms with Crippen LogP contribution in [0.1, 0.15) is 41.3 Å². The highest BCUT2D eigenvalue weighted by Gasteiger charge is 2.40. The van der Waals surface area contributed by atoms with Crippen molar-refractivity contribution >= 4 is 5.97 Å². The third kappa shape index (κ3) is 5.34. The Morgan fingerprint density at radius 3 is 1.97 bits per heavy atom. The maximum Gasteiger partial charge on any atom is 0.330 e. The van der Waals surface area contributed by atoms with Gasteiger partial charge >= 0.3 is 11.7 Å². The minimum atomic E-state index is -0.955. The Balaban J connectivity index is 1.39. The van der Waals surface area contributed by atoms with E-state index in [1.165, 1.54) is 10.8 Å². The summed E-state index contributed by atoms with van der Waals surface area (Å²) in [5, 5.41) is 10.6. The van der Waals surface area contributed by atoms with Gasteiger partial charge in [0, 0.05) is 18.2 Å². The van der Waals surface area contributed by atoms with Crippen LogP contribution in [-0.4, -0.2) is 39.4 Å². The highest BCUT2D eigenvalue weighted by Crippen LogP contribution is 2.42. The van der Waals surface area contributed by atoms with Crippen LogP contribution in [0.4, 0.5) is 0 Å². The van der Waals surface area contributed by atoms with Crippen LogP contribution in [0, 0.1) is 6.92 Å². The number of benzene rings is 3. The lowest BCUT2D eigenvalue weighted by atomic mass is 9.67. The van der Waals surface area contributed by atoms with E-state index in [4.69, 9.17) is 9.47 Å². The molecule has 0 amide bonds. The lowest BCUT2D eigenvalue weighted by Gasteiger charge is -2.35. The second-order valence-electron chi connectivity index (χ2n) is 9.77. The number of aromatic nitrogens is 2. The van der Waals surface area contributed by atoms with Crippen molar-refractivity contribution in [3.05, 3.63) is 140 Å². The fourth-order valence-corrected chi connectivity index (χ4v) is 5.25. The topological polar surface area (TPSA) is 111 Å². The zero-order valence-corrected chi connectivity index (χ0v) is 21.5. The summed E-state index contributed by atoms with van der Waals surface area (Å²) >= 11 is 0. The van der Waals surface area contributed by atoms with Crippen LogP contribution in [0.15, 0.2) is 107 Å². The summed E-state index contributed by atoms with van der Waals surface area (Å²) < 4.78 is 12.8. The van der Waals surface area contributed by atoms with Gasteiger partial charge in [0.15, 0.2) is 0 Å². The first-order valence-corrected chi connectivity index (χ1v) is 12.9. The monoisotopic (exact) mass is 526 g/mol. The van der Waals surface area contributed by atoms with Gasteiger partial charge in [-0.15, -0.1) is 0 Å². The number of hydrogen-bond acceptors (Lipinski definition) is 6. The molecule has 3 atom stereocenters. The molecule has 39 heavy (non-hydrogen) atoms. The van der Waals surface area contributed by atoms with Gasteiger partial charge in [0.05, 0.1) is 17.9 Å². The van der Waals surface area contributed by atoms with Crippen LogP contribution < -0.4 is 11.2 Å². The maximum atomic E-state index is 13.5. The molecule has 0 bridgehead atoms. The van der Waals surface area contributed by atoms with Crippen molar-refractivity contribution in [3.8, 4) is 0 Å². The number of aliphatic hydroxyl groups is 1. The van der Waals surface area contributed by atoms with E-state index in [0.29, 0.717) is 5.56 Å². The molecule has 4 aromatic rings. The van der Waals surface area contributed by atoms with Gasteiger partial charge in [-0.05, 0) is 23.6 Å². The standard InChI is InChI=1S/C31H30N2O6/c1-21-19-33(30(37)32-29(21)36)27-17-25(34)26(39-27)20-38-28(35)18-31(22-11-5-2-6-12-22,23-13-7-3-8-14-23)24-15-9-4-10-16-24/h2-16,19,25-27,34H,17-18,20H2,1H3,(H,32,36,37)/t25-,26+,27+/m0/s1. The molecular weight excluding hydrogens is 496 g/mol. The molecule has 0 spiro atoms. The molecule has 2 N–H and O–H groups in total. The van der Waals surface area contributed by atoms with Gasteiger partial charge in [0.1, 0.15) is 18.9 Å². The van der Waals surface area contributed by atoms with Gasteiger partial charge in [0.25, 0.3) is 5.56 Å². The number of nitrogens with one attached hydrogen (secondary N) is 1. The summed E-state index contributed by atoms with van der Waals surface area (Å²) in [6, 6.07) is 29.5. The third-order valence-electron chi connectivity index (χ3n) is 7.28. The van der Waals surface area contributed by atoms with Gasteiger partial charge in [-0.2, -0.15) is 0 Å². The first-order chi connectivity index (χ1) is 18.9. The van der Waals surface area contributed by atoms with E-state index < -0.39 is 41.1 Å². The average Bonchev–Trinajstić information content (AvgIpc) is 3.34. The largest absolute Gasteiger partial charge is 0.463 e. The molecule has 1 saturated heterocycles. The number of esters is 1. The summed E-state index contributed by atoms with van der Waals surface area (Å²) in [6.45, 7) is 1.40. The molecule has 0 unspecified atom stereocenters. The van der Waals surface area contributed by atoms with Gasteiger partial charge in [0.2, 0.25) is 0 Å². The number of carbonyl (C=O) groups excluding carboxylic acids is 1. The molecule has 1 aliphatic rings. The normalized spacial score (nSPS) is 19.1. The first-order valence-electron chi connectivity index (χ1n) is 12.9. The average molecular weight is 527 g/mol. The fraction of sp³-hybridized carbons (Fsp3) is 0.258. The zero-order chi connectivity index (χ0) is 27.4. The Morgan fingerprint density at radius 2 is 1.46 bits per heavy atom. The van der Waals surface area contributed by atoms with Crippen LogP contribution in [0.3, 0.4) is 0 Å². The van der Waals surface area contributed by atoms with Crippen LogP contribution in [0.25, 0.3) is 0 Å². The molecule has 0 aliphatic carbocycles. The molecule has 200 valence electrons. The van der Waals surface area contributed by atoms with E-state index in [9.17, 15) is 19.5 Å². The van der Waals surface area contributed by atoms with Crippen molar-refractivity contribution in [2.24, 2.45) is 0 Å². The smallest absolute Gasteiger partial charge is 0.330 e. The van der Waals surface area contributed by atoms with Crippen LogP contribution >= 0.6 is 0 Å². The summed E-state index contributed by atoms with van der Waals surface area (Å²) in [6.07, 6.45) is -1.02. The van der Waals surface area contributed by atoms with Crippen molar-refractivity contribution in [3.63, 3.8) is 0 Å². The molecule has 1 aromatic heterocycles. The van der Waals surface area contributed by atoms with E-state index in [2.05, 4.69) is 4.98 Å². The Morgan fingerprint density at radius 1 is 0.949 bits per heavy atom. The van der Waals surface area contributed by atoms with Crippen molar-refractivity contribution < 1.29 is 19.4 Å². The SMILES string of the molecule is Cc1cn([C@H]2C[C@H](O)[C@@H](COC(=O)CC(c3ccccc3)(c3ccccc3)c3ccccc3)O2)c(=O)[nH]c1=O. The van der Waals surface area contributed by atoms with Crippen molar-refractivity contribution in [1.29, 1.82) is 0 Å². The highest BCUT2D eigenvalue weighted by molar-refractivity contribution is 5.75. The number of hydrogen-bond donors (Lipinski definition) is 2. The quantitative estimate of drug-likeness (QED) is 0.269. The summed E-state index contributed by atoms with van der Waals surface area (Å²) in [5.41, 5.74) is 1.29. The van der Waals surface area contributed by atoms with E-state index in [0.717, 1.165) is 16.7 Å². The Labute approximate surface area is 225 Å². The molecular formula is C31H30N2O6. The summed E-state index contributed by atoms with van der Waals surface area (Å²) in [5.74, 6) is -0.456. The maximum absolute atomic E-state index is 13.5. The van der Waals surface area contributed by atoms with Gasteiger partial charge in [-0.25, -0.2) is 4.79 Å². The van der Waals surface area contributed by atoms with E-state index in [-0.39, 0.29) is 19.4 Å². The fourth-order valence-electron chi connectivity index (χ4n) is 5.25. The van der Waals surface area contributed by atoms with E-state index in [1.807, 2.05) is 91.0 Å². The number of aromatic amines is 1. The predicted molar refractivity (Wildman–Crippen MR) is 145 cm³/mol. The van der Waals surface area contributed by atoms with E-state index >= 15 is 0 Å². The molecule has 0 saturated carbocycles. The van der Waals surface area contributed by atoms with Gasteiger partial charge < -0.3 is 14.6 Å². The third-order valence-corrected chi connectivity index (χ3v) is 7.28. The molecule has 0 radical (unpaired) electrons. The number of rotatable bonds is 8. The molecule has 2 heterocycles. The Bertz CT molecular complexity index is 1440. The number of H-pyrrole nitrogens is 1. The molecule has 3 aromatic carbocycles. The molecule has 1 fully saturated rings. The molecule has 8 nitrogen and oxygen atoms in total. The molecule has 5 rings (SSSR count). The summed E-state index contributed by atoms with van der Waals surface area (Å²) in [4.78, 5) is 39.7. The number of ether oxygens (including phenoxy) is 2. The van der Waals surface area contributed by atoms with Crippen molar-refractivity contribution in [2.45, 2.75) is 43.6 Å². The van der Waals surface area contributed by atoms with Gasteiger partial charge in [-0.3, -0.25) is 19.1 Å². The first kappa shape index (κ1) is 26.3. The van der Waals surface area contributed by atoms with Crippen molar-refractivity contribution in [2.75, 3.05) is 6.61 Å². The number of aliphatic hydroxyl groups excluding tert-OH is 1. The van der Waals surface area contributed by atoms with Crippen LogP contribution in [0.2, 0.25) is 0 Å². The second-order valence-corrected chi connectivity index (χ2v) is 9.77. The van der Waals surface area contributed by atoms with Crippen LogP contribution in [0.5, 0.6) is 0 Å². The highest BCUT2D eigenvalue weighted by atomic mass is 16.6. The second kappa shape index (κ2) is 11.2. The minimum absolute atomic E-state index is 0.0237. The lowest BCUT2D eigenvalue weighted by Crippen LogP contribution is -2.35. The van der Waals surface area contributed by atoms with Crippen molar-refractivity contribution in [1.82, 2.24) is 9.55 Å². The number of nitrogens with zero attached hydrogens (tertiary/aromatic N) is 1.